The van der Waals surface area contributed by atoms with E-state index in [4.69, 9.17) is 14.2 Å². The highest BCUT2D eigenvalue weighted by Crippen LogP contribution is 2.16. The highest BCUT2D eigenvalue weighted by Gasteiger charge is 2.19. The number of hydrogen-bond donors (Lipinski definition) is 0. The summed E-state index contributed by atoms with van der Waals surface area (Å²) in [6, 6.07) is 0. The summed E-state index contributed by atoms with van der Waals surface area (Å²) in [7, 11) is 0. The zero-order chi connectivity index (χ0) is 45.1. The van der Waals surface area contributed by atoms with Crippen molar-refractivity contribution in [2.75, 3.05) is 24.7 Å². The summed E-state index contributed by atoms with van der Waals surface area (Å²) in [5.74, 6) is 0.252. The van der Waals surface area contributed by atoms with Crippen molar-refractivity contribution in [3.8, 4) is 0 Å². The Kier molecular flexibility index (Phi) is 50.4. The maximum Gasteiger partial charge on any atom is 0.316 e. The van der Waals surface area contributed by atoms with Crippen LogP contribution in [0.5, 0.6) is 0 Å². The highest BCUT2D eigenvalue weighted by atomic mass is 32.2. The molecule has 0 atom stereocenters. The van der Waals surface area contributed by atoms with E-state index in [-0.39, 0.29) is 36.9 Å². The number of carbonyl (C=O) groups is 3. The summed E-state index contributed by atoms with van der Waals surface area (Å²) < 4.78 is 16.8. The predicted octanol–water partition coefficient (Wildman–Crippen LogP) is 17.5. The summed E-state index contributed by atoms with van der Waals surface area (Å²) in [6.07, 6.45) is 56.4. The molecule has 0 aliphatic heterocycles. The van der Waals surface area contributed by atoms with Crippen LogP contribution in [0.3, 0.4) is 0 Å². The summed E-state index contributed by atoms with van der Waals surface area (Å²) >= 11 is 1.59. The Bertz CT molecular complexity index is 956. The van der Waals surface area contributed by atoms with E-state index in [1.165, 1.54) is 186 Å². The van der Waals surface area contributed by atoms with E-state index in [1.807, 2.05) is 0 Å². The van der Waals surface area contributed by atoms with Crippen molar-refractivity contribution in [3.05, 3.63) is 24.3 Å². The fraction of sp³-hybridized carbons (Fsp3) is 0.873. The average Bonchev–Trinajstić information content (AvgIpc) is 3.27. The second kappa shape index (κ2) is 51.9. The Labute approximate surface area is 389 Å². The Morgan fingerprint density at radius 2 is 0.661 bits per heavy atom. The second-order valence-electron chi connectivity index (χ2n) is 18.1. The number of rotatable bonds is 50. The van der Waals surface area contributed by atoms with Crippen LogP contribution in [-0.4, -0.2) is 48.7 Å². The van der Waals surface area contributed by atoms with Gasteiger partial charge in [-0.15, -0.1) is 0 Å². The van der Waals surface area contributed by atoms with Gasteiger partial charge in [-0.25, -0.2) is 0 Å². The Morgan fingerprint density at radius 1 is 0.371 bits per heavy atom. The molecular formula is C55H102O6S. The fourth-order valence-electron chi connectivity index (χ4n) is 7.73. The normalized spacial score (nSPS) is 11.7. The zero-order valence-corrected chi connectivity index (χ0v) is 42.2. The molecule has 0 aliphatic rings. The lowest BCUT2D eigenvalue weighted by Gasteiger charge is -2.18. The molecule has 0 radical (unpaired) electrons. The highest BCUT2D eigenvalue weighted by molar-refractivity contribution is 7.99. The lowest BCUT2D eigenvalue weighted by Crippen LogP contribution is -2.31. The van der Waals surface area contributed by atoms with Crippen LogP contribution in [0.15, 0.2) is 24.3 Å². The minimum Gasteiger partial charge on any atom is -0.462 e. The van der Waals surface area contributed by atoms with Crippen LogP contribution < -0.4 is 0 Å². The Hall–Kier alpha value is -1.76. The molecule has 0 aromatic carbocycles. The average molecular weight is 891 g/mol. The smallest absolute Gasteiger partial charge is 0.316 e. The maximum absolute atomic E-state index is 12.8. The van der Waals surface area contributed by atoms with E-state index in [9.17, 15) is 14.4 Å². The molecule has 0 amide bonds. The van der Waals surface area contributed by atoms with Crippen molar-refractivity contribution >= 4 is 29.7 Å². The van der Waals surface area contributed by atoms with E-state index in [2.05, 4.69) is 45.1 Å². The molecule has 0 fully saturated rings. The van der Waals surface area contributed by atoms with Crippen molar-refractivity contribution < 1.29 is 28.6 Å². The third-order valence-electron chi connectivity index (χ3n) is 11.8. The Morgan fingerprint density at radius 3 is 1.00 bits per heavy atom. The van der Waals surface area contributed by atoms with Crippen LogP contribution in [0.2, 0.25) is 0 Å². The van der Waals surface area contributed by atoms with Crippen LogP contribution in [-0.2, 0) is 28.6 Å². The summed E-state index contributed by atoms with van der Waals surface area (Å²) in [5.41, 5.74) is 0. The molecule has 0 rings (SSSR count). The van der Waals surface area contributed by atoms with Gasteiger partial charge in [0.25, 0.3) is 0 Å². The minimum atomic E-state index is -0.786. The molecule has 0 bridgehead atoms. The fourth-order valence-corrected chi connectivity index (χ4v) is 8.52. The van der Waals surface area contributed by atoms with Gasteiger partial charge in [0.2, 0.25) is 0 Å². The number of ether oxygens (including phenoxy) is 3. The minimum absolute atomic E-state index is 0.0836. The molecule has 0 aliphatic carbocycles. The van der Waals surface area contributed by atoms with Gasteiger partial charge < -0.3 is 14.2 Å². The van der Waals surface area contributed by atoms with Crippen LogP contribution in [0, 0.1) is 0 Å². The molecule has 0 aromatic heterocycles. The number of thioether (sulfide) groups is 1. The van der Waals surface area contributed by atoms with E-state index in [0.29, 0.717) is 12.8 Å². The van der Waals surface area contributed by atoms with Crippen LogP contribution in [0.1, 0.15) is 278 Å². The topological polar surface area (TPSA) is 78.9 Å². The van der Waals surface area contributed by atoms with Crippen LogP contribution in [0.4, 0.5) is 0 Å². The SMILES string of the molecule is CCCCCCCC/C=C\CCCCCCCC(=O)OCC(COC(=O)CCCCCCC/C=C\CCCCCCCC)OC(=O)CSCCCCCCCCCCCCCC. The molecule has 0 saturated heterocycles. The Balaban J connectivity index is 4.36. The molecule has 6 nitrogen and oxygen atoms in total. The molecule has 7 heteroatoms. The largest absolute Gasteiger partial charge is 0.462 e. The maximum atomic E-state index is 12.8. The van der Waals surface area contributed by atoms with Gasteiger partial charge in [0, 0.05) is 12.8 Å². The number of esters is 3. The standard InChI is InChI=1S/C55H102O6S/c1-4-7-10-13-16-19-22-25-27-29-31-34-37-40-43-46-53(56)59-49-52(61-55(58)51-62-48-45-42-39-36-33-24-21-18-15-12-9-6-3)50-60-54(57)47-44-41-38-35-32-30-28-26-23-20-17-14-11-8-5-2/h25-28,52H,4-24,29-51H2,1-3H3/b27-25-,28-26-. The summed E-state index contributed by atoms with van der Waals surface area (Å²) in [6.45, 7) is 6.63. The first-order valence-electron chi connectivity index (χ1n) is 26.9. The third kappa shape index (κ3) is 49.3. The van der Waals surface area contributed by atoms with Gasteiger partial charge in [-0.2, -0.15) is 11.8 Å². The van der Waals surface area contributed by atoms with E-state index in [1.54, 1.807) is 11.8 Å². The summed E-state index contributed by atoms with van der Waals surface area (Å²) in [4.78, 5) is 38.0. The first-order valence-corrected chi connectivity index (χ1v) is 28.1. The van der Waals surface area contributed by atoms with Gasteiger partial charge in [-0.05, 0) is 76.4 Å². The molecule has 0 aromatic rings. The van der Waals surface area contributed by atoms with Crippen molar-refractivity contribution in [2.45, 2.75) is 284 Å². The molecule has 0 saturated carbocycles. The van der Waals surface area contributed by atoms with Gasteiger partial charge >= 0.3 is 17.9 Å². The third-order valence-corrected chi connectivity index (χ3v) is 12.8. The molecular weight excluding hydrogens is 789 g/mol. The number of hydrogen-bond acceptors (Lipinski definition) is 7. The van der Waals surface area contributed by atoms with Gasteiger partial charge in [0.05, 0.1) is 5.75 Å². The number of carbonyl (C=O) groups excluding carboxylic acids is 3. The molecule has 0 spiro atoms. The lowest BCUT2D eigenvalue weighted by molar-refractivity contribution is -0.165. The predicted molar refractivity (Wildman–Crippen MR) is 269 cm³/mol. The van der Waals surface area contributed by atoms with Crippen molar-refractivity contribution in [1.29, 1.82) is 0 Å². The van der Waals surface area contributed by atoms with Crippen molar-refractivity contribution in [3.63, 3.8) is 0 Å². The molecule has 62 heavy (non-hydrogen) atoms. The first kappa shape index (κ1) is 60.2. The first-order chi connectivity index (χ1) is 30.5. The van der Waals surface area contributed by atoms with Gasteiger partial charge in [0.1, 0.15) is 13.2 Å². The van der Waals surface area contributed by atoms with Crippen LogP contribution >= 0.6 is 11.8 Å². The van der Waals surface area contributed by atoms with E-state index in [0.717, 1.165) is 63.5 Å². The number of unbranched alkanes of at least 4 members (excludes halogenated alkanes) is 33. The monoisotopic (exact) mass is 891 g/mol. The zero-order valence-electron chi connectivity index (χ0n) is 41.4. The van der Waals surface area contributed by atoms with Crippen molar-refractivity contribution in [2.24, 2.45) is 0 Å². The van der Waals surface area contributed by atoms with E-state index < -0.39 is 6.10 Å². The molecule has 0 unspecified atom stereocenters. The molecule has 364 valence electrons. The number of allylic oxidation sites excluding steroid dienone is 4. The van der Waals surface area contributed by atoms with E-state index >= 15 is 0 Å². The van der Waals surface area contributed by atoms with Crippen molar-refractivity contribution in [1.82, 2.24) is 0 Å². The lowest BCUT2D eigenvalue weighted by atomic mass is 10.1. The van der Waals surface area contributed by atoms with Gasteiger partial charge in [-0.1, -0.05) is 218 Å². The molecule has 0 N–H and O–H groups in total. The van der Waals surface area contributed by atoms with Gasteiger partial charge in [0.15, 0.2) is 6.10 Å². The quantitative estimate of drug-likeness (QED) is 0.0260. The second-order valence-corrected chi connectivity index (χ2v) is 19.2. The van der Waals surface area contributed by atoms with Crippen LogP contribution in [0.25, 0.3) is 0 Å². The summed E-state index contributed by atoms with van der Waals surface area (Å²) in [5, 5.41) is 0. The van der Waals surface area contributed by atoms with Gasteiger partial charge in [-0.3, -0.25) is 14.4 Å². The molecule has 0 heterocycles.